The Bertz CT molecular complexity index is 1410. The predicted octanol–water partition coefficient (Wildman–Crippen LogP) is 6.00. The lowest BCUT2D eigenvalue weighted by molar-refractivity contribution is 0.222. The molecular formula is C26H21N3O2. The van der Waals surface area contributed by atoms with E-state index in [2.05, 4.69) is 51.4 Å². The van der Waals surface area contributed by atoms with Crippen LogP contribution in [-0.2, 0) is 0 Å². The van der Waals surface area contributed by atoms with Gasteiger partial charge in [-0.05, 0) is 65.7 Å². The Kier molecular flexibility index (Phi) is 4.71. The second-order valence-corrected chi connectivity index (χ2v) is 7.71. The highest BCUT2D eigenvalue weighted by Gasteiger charge is 2.15. The first-order valence-electron chi connectivity index (χ1n) is 10.2. The van der Waals surface area contributed by atoms with Gasteiger partial charge < -0.3 is 9.84 Å². The van der Waals surface area contributed by atoms with Gasteiger partial charge >= 0.3 is 6.01 Å². The Balaban J connectivity index is 1.67. The molecule has 0 atom stereocenters. The molecule has 1 N–H and O–H groups in total. The van der Waals surface area contributed by atoms with Gasteiger partial charge in [-0.1, -0.05) is 48.5 Å². The summed E-state index contributed by atoms with van der Waals surface area (Å²) in [6.45, 7) is 3.84. The van der Waals surface area contributed by atoms with Crippen LogP contribution < -0.4 is 4.74 Å². The number of aromatic nitrogens is 3. The van der Waals surface area contributed by atoms with E-state index in [-0.39, 0.29) is 17.9 Å². The molecule has 0 saturated carbocycles. The summed E-state index contributed by atoms with van der Waals surface area (Å²) in [5.74, 6) is 0.983. The first-order chi connectivity index (χ1) is 15.1. The Morgan fingerprint density at radius 2 is 1.32 bits per heavy atom. The molecule has 0 saturated heterocycles. The van der Waals surface area contributed by atoms with Crippen LogP contribution in [-0.4, -0.2) is 26.2 Å². The molecule has 5 aromatic rings. The van der Waals surface area contributed by atoms with Crippen LogP contribution in [0.15, 0.2) is 78.9 Å². The summed E-state index contributed by atoms with van der Waals surface area (Å²) < 4.78 is 5.78. The normalized spacial score (nSPS) is 11.3. The maximum absolute atomic E-state index is 10.3. The van der Waals surface area contributed by atoms with Gasteiger partial charge in [-0.3, -0.25) is 0 Å². The monoisotopic (exact) mass is 407 g/mol. The quantitative estimate of drug-likeness (QED) is 0.370. The number of phenols is 1. The van der Waals surface area contributed by atoms with Crippen LogP contribution in [0.25, 0.3) is 44.3 Å². The third-order valence-electron chi connectivity index (χ3n) is 5.06. The number of nitrogens with zero attached hydrogens (tertiary/aromatic N) is 3. The van der Waals surface area contributed by atoms with Gasteiger partial charge in [-0.25, -0.2) is 4.98 Å². The van der Waals surface area contributed by atoms with Crippen LogP contribution in [0.4, 0.5) is 0 Å². The molecule has 0 bridgehead atoms. The van der Waals surface area contributed by atoms with Gasteiger partial charge in [0.1, 0.15) is 5.75 Å². The van der Waals surface area contributed by atoms with E-state index >= 15 is 0 Å². The summed E-state index contributed by atoms with van der Waals surface area (Å²) in [5, 5.41) is 14.9. The number of hydrogen-bond acceptors (Lipinski definition) is 5. The number of aromatic hydroxyl groups is 1. The van der Waals surface area contributed by atoms with Crippen molar-refractivity contribution in [3.63, 3.8) is 0 Å². The molecular weight excluding hydrogens is 386 g/mol. The van der Waals surface area contributed by atoms with Crippen molar-refractivity contribution in [3.05, 3.63) is 78.9 Å². The molecule has 4 aromatic carbocycles. The zero-order valence-electron chi connectivity index (χ0n) is 17.3. The smallest absolute Gasteiger partial charge is 0.320 e. The second kappa shape index (κ2) is 7.69. The molecule has 0 spiro atoms. The van der Waals surface area contributed by atoms with Crippen LogP contribution in [0.5, 0.6) is 11.8 Å². The van der Waals surface area contributed by atoms with Gasteiger partial charge in [0, 0.05) is 5.56 Å². The maximum atomic E-state index is 10.3. The van der Waals surface area contributed by atoms with E-state index in [1.54, 1.807) is 18.2 Å². The number of fused-ring (bicyclic) bond motifs is 2. The van der Waals surface area contributed by atoms with Crippen LogP contribution in [0.1, 0.15) is 13.8 Å². The Morgan fingerprint density at radius 3 is 2.06 bits per heavy atom. The second-order valence-electron chi connectivity index (χ2n) is 7.71. The summed E-state index contributed by atoms with van der Waals surface area (Å²) in [4.78, 5) is 13.6. The zero-order chi connectivity index (χ0) is 21.4. The van der Waals surface area contributed by atoms with Crippen LogP contribution in [0.2, 0.25) is 0 Å². The minimum atomic E-state index is -0.0876. The van der Waals surface area contributed by atoms with Gasteiger partial charge in [0.15, 0.2) is 11.6 Å². The highest BCUT2D eigenvalue weighted by atomic mass is 16.5. The van der Waals surface area contributed by atoms with Gasteiger partial charge in [0.25, 0.3) is 0 Å². The van der Waals surface area contributed by atoms with E-state index in [9.17, 15) is 5.11 Å². The highest BCUT2D eigenvalue weighted by molar-refractivity contribution is 5.99. The SMILES string of the molecule is CC(C)Oc1nc(-c2ccc3cc4ccccc4cc3c2)nc(-c2ccccc2O)n1. The topological polar surface area (TPSA) is 68.1 Å². The van der Waals surface area contributed by atoms with E-state index in [4.69, 9.17) is 4.74 Å². The fraction of sp³-hybridized carbons (Fsp3) is 0.115. The third kappa shape index (κ3) is 3.78. The third-order valence-corrected chi connectivity index (χ3v) is 5.06. The molecule has 0 aliphatic rings. The Labute approximate surface area is 180 Å². The van der Waals surface area contributed by atoms with Gasteiger partial charge in [-0.15, -0.1) is 0 Å². The highest BCUT2D eigenvalue weighted by Crippen LogP contribution is 2.31. The van der Waals surface area contributed by atoms with Gasteiger partial charge in [0.2, 0.25) is 0 Å². The maximum Gasteiger partial charge on any atom is 0.320 e. The van der Waals surface area contributed by atoms with Crippen molar-refractivity contribution in [2.45, 2.75) is 20.0 Å². The number of hydrogen-bond donors (Lipinski definition) is 1. The lowest BCUT2D eigenvalue weighted by atomic mass is 10.0. The average molecular weight is 407 g/mol. The first-order valence-corrected chi connectivity index (χ1v) is 10.2. The van der Waals surface area contributed by atoms with Gasteiger partial charge in [0.05, 0.1) is 11.7 Å². The molecule has 1 heterocycles. The molecule has 0 amide bonds. The summed E-state index contributed by atoms with van der Waals surface area (Å²) >= 11 is 0. The minimum absolute atomic E-state index is 0.0876. The van der Waals surface area contributed by atoms with Crippen molar-refractivity contribution < 1.29 is 9.84 Å². The van der Waals surface area contributed by atoms with Crippen molar-refractivity contribution in [1.82, 2.24) is 15.0 Å². The molecule has 1 aromatic heterocycles. The molecule has 5 heteroatoms. The molecule has 0 fully saturated rings. The van der Waals surface area contributed by atoms with Crippen LogP contribution in [0.3, 0.4) is 0 Å². The molecule has 152 valence electrons. The fourth-order valence-corrected chi connectivity index (χ4v) is 3.61. The van der Waals surface area contributed by atoms with E-state index in [0.29, 0.717) is 17.2 Å². The van der Waals surface area contributed by atoms with E-state index < -0.39 is 0 Å². The number of para-hydroxylation sites is 1. The molecule has 0 aliphatic heterocycles. The average Bonchev–Trinajstić information content (AvgIpc) is 2.77. The van der Waals surface area contributed by atoms with Crippen molar-refractivity contribution in [1.29, 1.82) is 0 Å². The molecule has 0 aliphatic carbocycles. The first kappa shape index (κ1) is 19.0. The van der Waals surface area contributed by atoms with Crippen molar-refractivity contribution >= 4 is 21.5 Å². The standard InChI is InChI=1S/C26H21N3O2/c1-16(2)31-26-28-24(27-25(29-26)22-9-5-6-10-23(22)30)20-12-11-19-13-17-7-3-4-8-18(17)14-21(19)15-20/h3-16,30H,1-2H3. The summed E-state index contributed by atoms with van der Waals surface area (Å²) in [5.41, 5.74) is 1.39. The van der Waals surface area contributed by atoms with Crippen molar-refractivity contribution in [2.24, 2.45) is 0 Å². The molecule has 0 radical (unpaired) electrons. The summed E-state index contributed by atoms with van der Waals surface area (Å²) in [7, 11) is 0. The number of rotatable bonds is 4. The Morgan fingerprint density at radius 1 is 0.677 bits per heavy atom. The van der Waals surface area contributed by atoms with E-state index in [0.717, 1.165) is 16.3 Å². The molecule has 5 nitrogen and oxygen atoms in total. The predicted molar refractivity (Wildman–Crippen MR) is 123 cm³/mol. The summed E-state index contributed by atoms with van der Waals surface area (Å²) in [6, 6.07) is 26.0. The summed E-state index contributed by atoms with van der Waals surface area (Å²) in [6.07, 6.45) is -0.0876. The lowest BCUT2D eigenvalue weighted by Gasteiger charge is -2.12. The van der Waals surface area contributed by atoms with Crippen LogP contribution >= 0.6 is 0 Å². The largest absolute Gasteiger partial charge is 0.507 e. The number of ether oxygens (including phenoxy) is 1. The molecule has 31 heavy (non-hydrogen) atoms. The zero-order valence-corrected chi connectivity index (χ0v) is 17.3. The van der Waals surface area contributed by atoms with Crippen LogP contribution in [0, 0.1) is 0 Å². The molecule has 5 rings (SSSR count). The lowest BCUT2D eigenvalue weighted by Crippen LogP contribution is -2.10. The van der Waals surface area contributed by atoms with Gasteiger partial charge in [-0.2, -0.15) is 9.97 Å². The minimum Gasteiger partial charge on any atom is -0.507 e. The molecule has 0 unspecified atom stereocenters. The Hall–Kier alpha value is -3.99. The fourth-order valence-electron chi connectivity index (χ4n) is 3.61. The number of benzene rings is 4. The van der Waals surface area contributed by atoms with E-state index in [1.165, 1.54) is 10.8 Å². The van der Waals surface area contributed by atoms with E-state index in [1.807, 2.05) is 38.1 Å². The van der Waals surface area contributed by atoms with Crippen molar-refractivity contribution in [2.75, 3.05) is 0 Å². The number of phenolic OH excluding ortho intramolecular Hbond substituents is 1. The van der Waals surface area contributed by atoms with Crippen molar-refractivity contribution in [3.8, 4) is 34.5 Å².